The summed E-state index contributed by atoms with van der Waals surface area (Å²) >= 11 is 0. The lowest BCUT2D eigenvalue weighted by Gasteiger charge is -2.20. The van der Waals surface area contributed by atoms with Gasteiger partial charge in [0, 0.05) is 26.7 Å². The van der Waals surface area contributed by atoms with Crippen LogP contribution in [0.4, 0.5) is 5.69 Å². The Hall–Kier alpha value is -1.76. The fourth-order valence-corrected chi connectivity index (χ4v) is 4.04. The van der Waals surface area contributed by atoms with Crippen molar-refractivity contribution in [3.8, 4) is 0 Å². The molecule has 0 saturated carbocycles. The lowest BCUT2D eigenvalue weighted by Crippen LogP contribution is -2.42. The van der Waals surface area contributed by atoms with E-state index in [1.54, 1.807) is 7.05 Å². The maximum atomic E-state index is 12.6. The molecular weight excluding hydrogens is 312 g/mol. The van der Waals surface area contributed by atoms with E-state index in [0.717, 1.165) is 37.1 Å². The maximum absolute atomic E-state index is 12.6. The minimum absolute atomic E-state index is 0.0514. The van der Waals surface area contributed by atoms with E-state index in [2.05, 4.69) is 22.5 Å². The molecule has 0 aliphatic carbocycles. The second-order valence-corrected chi connectivity index (χ2v) is 7.56. The van der Waals surface area contributed by atoms with E-state index in [0.29, 0.717) is 19.0 Å². The number of benzene rings is 1. The van der Waals surface area contributed by atoms with Crippen LogP contribution in [0.15, 0.2) is 29.3 Å². The zero-order chi connectivity index (χ0) is 16.7. The van der Waals surface area contributed by atoms with Gasteiger partial charge in [0.25, 0.3) is 0 Å². The van der Waals surface area contributed by atoms with E-state index in [1.165, 1.54) is 4.31 Å². The highest BCUT2D eigenvalue weighted by atomic mass is 32.2. The van der Waals surface area contributed by atoms with Crippen molar-refractivity contribution < 1.29 is 8.42 Å². The second-order valence-electron chi connectivity index (χ2n) is 5.55. The van der Waals surface area contributed by atoms with Crippen molar-refractivity contribution in [2.45, 2.75) is 26.2 Å². The fraction of sp³-hybridized carbons (Fsp3) is 0.562. The van der Waals surface area contributed by atoms with E-state index in [9.17, 15) is 8.42 Å². The Morgan fingerprint density at radius 3 is 2.74 bits per heavy atom. The van der Waals surface area contributed by atoms with Crippen LogP contribution in [0.1, 0.15) is 25.3 Å². The van der Waals surface area contributed by atoms with Crippen LogP contribution in [0.2, 0.25) is 0 Å². The first-order chi connectivity index (χ1) is 11.1. The number of rotatable bonds is 7. The van der Waals surface area contributed by atoms with E-state index in [4.69, 9.17) is 0 Å². The third-order valence-corrected chi connectivity index (χ3v) is 5.65. The third-order valence-electron chi connectivity index (χ3n) is 3.88. The predicted molar refractivity (Wildman–Crippen MR) is 95.6 cm³/mol. The van der Waals surface area contributed by atoms with Gasteiger partial charge in [0.05, 0.1) is 11.4 Å². The molecule has 1 heterocycles. The van der Waals surface area contributed by atoms with Gasteiger partial charge in [-0.05, 0) is 24.5 Å². The molecule has 7 heteroatoms. The minimum Gasteiger partial charge on any atom is -0.356 e. The number of hydrogen-bond donors (Lipinski definition) is 2. The highest BCUT2D eigenvalue weighted by Gasteiger charge is 2.28. The van der Waals surface area contributed by atoms with Crippen molar-refractivity contribution in [3.05, 3.63) is 29.8 Å². The Labute approximate surface area is 139 Å². The molecule has 1 aromatic carbocycles. The molecular formula is C16H26N4O2S. The van der Waals surface area contributed by atoms with Crippen molar-refractivity contribution in [3.63, 3.8) is 0 Å². The summed E-state index contributed by atoms with van der Waals surface area (Å²) in [4.78, 5) is 4.10. The first-order valence-corrected chi connectivity index (χ1v) is 9.72. The largest absolute Gasteiger partial charge is 0.356 e. The van der Waals surface area contributed by atoms with Crippen LogP contribution in [0.3, 0.4) is 0 Å². The molecule has 0 fully saturated rings. The van der Waals surface area contributed by atoms with Crippen LogP contribution < -0.4 is 14.9 Å². The Balaban J connectivity index is 1.88. The summed E-state index contributed by atoms with van der Waals surface area (Å²) < 4.78 is 26.6. The van der Waals surface area contributed by atoms with Gasteiger partial charge in [-0.2, -0.15) is 0 Å². The molecule has 0 amide bonds. The van der Waals surface area contributed by atoms with Gasteiger partial charge in [0.15, 0.2) is 5.96 Å². The van der Waals surface area contributed by atoms with Crippen LogP contribution in [0, 0.1) is 0 Å². The van der Waals surface area contributed by atoms with Crippen LogP contribution in [-0.2, 0) is 16.4 Å². The van der Waals surface area contributed by atoms with Gasteiger partial charge >= 0.3 is 0 Å². The molecule has 1 aromatic rings. The number of hydrogen-bond acceptors (Lipinski definition) is 3. The van der Waals surface area contributed by atoms with Gasteiger partial charge in [-0.15, -0.1) is 0 Å². The molecule has 1 aliphatic rings. The monoisotopic (exact) mass is 338 g/mol. The van der Waals surface area contributed by atoms with Gasteiger partial charge < -0.3 is 10.6 Å². The van der Waals surface area contributed by atoms with Crippen molar-refractivity contribution in [1.29, 1.82) is 0 Å². The first kappa shape index (κ1) is 17.6. The molecule has 0 aromatic heterocycles. The lowest BCUT2D eigenvalue weighted by atomic mass is 10.2. The van der Waals surface area contributed by atoms with Gasteiger partial charge in [0.2, 0.25) is 10.0 Å². The number of nitrogens with one attached hydrogen (secondary N) is 2. The van der Waals surface area contributed by atoms with Crippen molar-refractivity contribution in [2.24, 2.45) is 4.99 Å². The van der Waals surface area contributed by atoms with E-state index in [-0.39, 0.29) is 5.75 Å². The highest BCUT2D eigenvalue weighted by Crippen LogP contribution is 2.29. The van der Waals surface area contributed by atoms with Gasteiger partial charge in [-0.25, -0.2) is 8.42 Å². The number of para-hydroxylation sites is 1. The van der Waals surface area contributed by atoms with Crippen LogP contribution >= 0.6 is 0 Å². The zero-order valence-corrected chi connectivity index (χ0v) is 14.7. The quantitative estimate of drug-likeness (QED) is 0.447. The molecule has 0 radical (unpaired) electrons. The van der Waals surface area contributed by atoms with Crippen molar-refractivity contribution >= 4 is 21.7 Å². The van der Waals surface area contributed by atoms with Crippen LogP contribution in [0.5, 0.6) is 0 Å². The summed E-state index contributed by atoms with van der Waals surface area (Å²) in [5.74, 6) is 0.700. The molecule has 6 nitrogen and oxygen atoms in total. The molecule has 23 heavy (non-hydrogen) atoms. The smallest absolute Gasteiger partial charge is 0.236 e. The summed E-state index contributed by atoms with van der Waals surface area (Å²) in [5.41, 5.74) is 1.92. The summed E-state index contributed by atoms with van der Waals surface area (Å²) in [5, 5.41) is 6.24. The summed E-state index contributed by atoms with van der Waals surface area (Å²) in [6.07, 6.45) is 2.94. The number of sulfonamides is 1. The standard InChI is InChI=1S/C16H26N4O2S/c1-3-4-10-18-16(17-2)19-11-13-23(21,22)20-12-9-14-7-5-6-8-15(14)20/h5-8H,3-4,9-13H2,1-2H3,(H2,17,18,19). The SMILES string of the molecule is CCCCNC(=NC)NCCS(=O)(=O)N1CCc2ccccc21. The predicted octanol–water partition coefficient (Wildman–Crippen LogP) is 1.34. The molecule has 2 N–H and O–H groups in total. The second kappa shape index (κ2) is 8.19. The molecule has 0 saturated heterocycles. The van der Waals surface area contributed by atoms with Crippen molar-refractivity contribution in [1.82, 2.24) is 10.6 Å². The van der Waals surface area contributed by atoms with E-state index < -0.39 is 10.0 Å². The minimum atomic E-state index is -3.31. The molecule has 0 unspecified atom stereocenters. The van der Waals surface area contributed by atoms with Gasteiger partial charge in [0.1, 0.15) is 0 Å². The number of fused-ring (bicyclic) bond motifs is 1. The number of unbranched alkanes of at least 4 members (excludes halogenated alkanes) is 1. The number of guanidine groups is 1. The molecule has 0 bridgehead atoms. The number of aliphatic imine (C=N–C) groups is 1. The van der Waals surface area contributed by atoms with E-state index in [1.807, 2.05) is 24.3 Å². The van der Waals surface area contributed by atoms with E-state index >= 15 is 0 Å². The lowest BCUT2D eigenvalue weighted by molar-refractivity contribution is 0.590. The average Bonchev–Trinajstić information content (AvgIpc) is 2.98. The summed E-state index contributed by atoms with van der Waals surface area (Å²) in [7, 11) is -1.63. The maximum Gasteiger partial charge on any atom is 0.236 e. The molecule has 128 valence electrons. The molecule has 2 rings (SSSR count). The topological polar surface area (TPSA) is 73.8 Å². The van der Waals surface area contributed by atoms with Crippen LogP contribution in [0.25, 0.3) is 0 Å². The fourth-order valence-electron chi connectivity index (χ4n) is 2.61. The molecule has 0 atom stereocenters. The Morgan fingerprint density at radius 2 is 2.00 bits per heavy atom. The highest BCUT2D eigenvalue weighted by molar-refractivity contribution is 7.92. The Morgan fingerprint density at radius 1 is 1.26 bits per heavy atom. The average molecular weight is 338 g/mol. The Bertz CT molecular complexity index is 643. The first-order valence-electron chi connectivity index (χ1n) is 8.11. The Kier molecular flexibility index (Phi) is 6.27. The number of anilines is 1. The van der Waals surface area contributed by atoms with Gasteiger partial charge in [-0.3, -0.25) is 9.30 Å². The summed E-state index contributed by atoms with van der Waals surface area (Å²) in [6.45, 7) is 3.83. The summed E-state index contributed by atoms with van der Waals surface area (Å²) in [6, 6.07) is 7.69. The third kappa shape index (κ3) is 4.60. The molecule has 1 aliphatic heterocycles. The van der Waals surface area contributed by atoms with Crippen molar-refractivity contribution in [2.75, 3.05) is 36.7 Å². The zero-order valence-electron chi connectivity index (χ0n) is 13.9. The molecule has 0 spiro atoms. The van der Waals surface area contributed by atoms with Gasteiger partial charge in [-0.1, -0.05) is 31.5 Å². The number of nitrogens with zero attached hydrogens (tertiary/aromatic N) is 2. The normalized spacial score (nSPS) is 14.7. The van der Waals surface area contributed by atoms with Crippen LogP contribution in [-0.4, -0.2) is 46.8 Å².